The highest BCUT2D eigenvalue weighted by molar-refractivity contribution is 5.92. The van der Waals surface area contributed by atoms with Crippen molar-refractivity contribution in [1.29, 1.82) is 0 Å². The van der Waals surface area contributed by atoms with Gasteiger partial charge in [-0.1, -0.05) is 19.3 Å². The monoisotopic (exact) mass is 303 g/mol. The molecule has 0 unspecified atom stereocenters. The Balaban J connectivity index is 1.72. The Hall–Kier alpha value is -1.98. The fraction of sp³-hybridized carbons (Fsp3) is 0.625. The lowest BCUT2D eigenvalue weighted by Crippen LogP contribution is -2.47. The van der Waals surface area contributed by atoms with Crippen LogP contribution >= 0.6 is 0 Å². The molecule has 1 N–H and O–H groups in total. The Labute approximate surface area is 129 Å². The van der Waals surface area contributed by atoms with Gasteiger partial charge in [0.2, 0.25) is 0 Å². The maximum atomic E-state index is 12.6. The number of piperidine rings is 1. The number of amides is 1. The van der Waals surface area contributed by atoms with E-state index in [1.807, 2.05) is 4.90 Å². The van der Waals surface area contributed by atoms with Crippen molar-refractivity contribution >= 4 is 11.9 Å². The minimum Gasteiger partial charge on any atom is -0.476 e. The standard InChI is InChI=1S/C16H21N3O3/c20-14(12-9-18-13(10-17-12)15(21)22)19-8-4-7-16(11-19)5-2-1-3-6-16/h9-10H,1-8,11H2,(H,21,22). The fourth-order valence-corrected chi connectivity index (χ4v) is 3.80. The van der Waals surface area contributed by atoms with E-state index in [4.69, 9.17) is 5.11 Å². The van der Waals surface area contributed by atoms with Gasteiger partial charge in [0, 0.05) is 13.1 Å². The number of carboxylic acid groups (broad SMARTS) is 1. The van der Waals surface area contributed by atoms with Crippen molar-refractivity contribution in [3.63, 3.8) is 0 Å². The number of hydrogen-bond donors (Lipinski definition) is 1. The maximum absolute atomic E-state index is 12.6. The van der Waals surface area contributed by atoms with E-state index in [0.29, 0.717) is 5.41 Å². The Kier molecular flexibility index (Phi) is 4.09. The number of rotatable bonds is 2. The van der Waals surface area contributed by atoms with Gasteiger partial charge in [0.25, 0.3) is 5.91 Å². The van der Waals surface area contributed by atoms with Crippen LogP contribution in [0.2, 0.25) is 0 Å². The molecule has 22 heavy (non-hydrogen) atoms. The molecule has 118 valence electrons. The molecule has 1 aliphatic carbocycles. The second-order valence-corrected chi connectivity index (χ2v) is 6.48. The van der Waals surface area contributed by atoms with Crippen LogP contribution in [0.25, 0.3) is 0 Å². The molecule has 1 amide bonds. The molecule has 0 bridgehead atoms. The van der Waals surface area contributed by atoms with E-state index in [-0.39, 0.29) is 17.3 Å². The summed E-state index contributed by atoms with van der Waals surface area (Å²) in [6.45, 7) is 1.55. The molecule has 2 heterocycles. The summed E-state index contributed by atoms with van der Waals surface area (Å²) in [5.74, 6) is -1.26. The predicted octanol–water partition coefficient (Wildman–Crippen LogP) is 2.36. The average Bonchev–Trinajstić information content (AvgIpc) is 2.55. The van der Waals surface area contributed by atoms with Gasteiger partial charge in [-0.3, -0.25) is 4.79 Å². The Morgan fingerprint density at radius 3 is 2.27 bits per heavy atom. The van der Waals surface area contributed by atoms with Crippen molar-refractivity contribution in [1.82, 2.24) is 14.9 Å². The molecule has 1 aliphatic heterocycles. The first-order valence-corrected chi connectivity index (χ1v) is 7.94. The first-order chi connectivity index (χ1) is 10.6. The number of aromatic nitrogens is 2. The molecular formula is C16H21N3O3. The topological polar surface area (TPSA) is 83.4 Å². The SMILES string of the molecule is O=C(O)c1cnc(C(=O)N2CCCC3(CCCCC3)C2)cn1. The minimum atomic E-state index is -1.13. The number of aromatic carboxylic acids is 1. The molecule has 0 atom stereocenters. The molecular weight excluding hydrogens is 282 g/mol. The summed E-state index contributed by atoms with van der Waals surface area (Å²) >= 11 is 0. The molecule has 1 spiro atoms. The molecule has 1 saturated carbocycles. The minimum absolute atomic E-state index is 0.130. The van der Waals surface area contributed by atoms with Gasteiger partial charge in [0.15, 0.2) is 5.69 Å². The summed E-state index contributed by atoms with van der Waals surface area (Å²) in [5.41, 5.74) is 0.387. The van der Waals surface area contributed by atoms with Crippen molar-refractivity contribution in [2.24, 2.45) is 5.41 Å². The van der Waals surface area contributed by atoms with Crippen LogP contribution in [0.15, 0.2) is 12.4 Å². The van der Waals surface area contributed by atoms with E-state index in [1.165, 1.54) is 44.7 Å². The van der Waals surface area contributed by atoms with Crippen LogP contribution in [0, 0.1) is 5.41 Å². The zero-order chi connectivity index (χ0) is 15.6. The molecule has 6 nitrogen and oxygen atoms in total. The van der Waals surface area contributed by atoms with E-state index >= 15 is 0 Å². The average molecular weight is 303 g/mol. The van der Waals surface area contributed by atoms with Crippen LogP contribution in [0.3, 0.4) is 0 Å². The Morgan fingerprint density at radius 1 is 1.00 bits per heavy atom. The molecule has 2 fully saturated rings. The summed E-state index contributed by atoms with van der Waals surface area (Å²) in [7, 11) is 0. The lowest BCUT2D eigenvalue weighted by molar-refractivity contribution is 0.0379. The highest BCUT2D eigenvalue weighted by Gasteiger charge is 2.38. The van der Waals surface area contributed by atoms with Crippen LogP contribution in [0.5, 0.6) is 0 Å². The third kappa shape index (κ3) is 2.96. The molecule has 1 aromatic heterocycles. The molecule has 0 aromatic carbocycles. The van der Waals surface area contributed by atoms with Crippen molar-refractivity contribution < 1.29 is 14.7 Å². The van der Waals surface area contributed by atoms with Gasteiger partial charge < -0.3 is 10.0 Å². The van der Waals surface area contributed by atoms with Gasteiger partial charge in [-0.25, -0.2) is 14.8 Å². The van der Waals surface area contributed by atoms with Crippen LogP contribution in [-0.2, 0) is 0 Å². The zero-order valence-corrected chi connectivity index (χ0v) is 12.6. The molecule has 1 aromatic rings. The van der Waals surface area contributed by atoms with Crippen LogP contribution < -0.4 is 0 Å². The van der Waals surface area contributed by atoms with Gasteiger partial charge in [-0.2, -0.15) is 0 Å². The van der Waals surface area contributed by atoms with Crippen molar-refractivity contribution in [2.75, 3.05) is 13.1 Å². The number of hydrogen-bond acceptors (Lipinski definition) is 4. The first-order valence-electron chi connectivity index (χ1n) is 7.94. The Bertz CT molecular complexity index is 559. The zero-order valence-electron chi connectivity index (χ0n) is 12.6. The second-order valence-electron chi connectivity index (χ2n) is 6.48. The molecule has 6 heteroatoms. The maximum Gasteiger partial charge on any atom is 0.356 e. The normalized spacial score (nSPS) is 20.8. The quantitative estimate of drug-likeness (QED) is 0.906. The molecule has 3 rings (SSSR count). The van der Waals surface area contributed by atoms with E-state index in [2.05, 4.69) is 9.97 Å². The van der Waals surface area contributed by atoms with E-state index in [1.54, 1.807) is 0 Å². The third-order valence-electron chi connectivity index (χ3n) is 4.95. The fourth-order valence-electron chi connectivity index (χ4n) is 3.80. The van der Waals surface area contributed by atoms with E-state index < -0.39 is 5.97 Å². The van der Waals surface area contributed by atoms with Crippen molar-refractivity contribution in [2.45, 2.75) is 44.9 Å². The lowest BCUT2D eigenvalue weighted by atomic mass is 9.69. The third-order valence-corrected chi connectivity index (χ3v) is 4.95. The van der Waals surface area contributed by atoms with Gasteiger partial charge in [0.1, 0.15) is 5.69 Å². The van der Waals surface area contributed by atoms with Crippen molar-refractivity contribution in [3.05, 3.63) is 23.8 Å². The number of carbonyl (C=O) groups is 2. The summed E-state index contributed by atoms with van der Waals surface area (Å²) < 4.78 is 0. The summed E-state index contributed by atoms with van der Waals surface area (Å²) in [5, 5.41) is 8.83. The number of nitrogens with zero attached hydrogens (tertiary/aromatic N) is 3. The highest BCUT2D eigenvalue weighted by atomic mass is 16.4. The van der Waals surface area contributed by atoms with Gasteiger partial charge in [0.05, 0.1) is 12.4 Å². The van der Waals surface area contributed by atoms with Gasteiger partial charge in [-0.15, -0.1) is 0 Å². The second kappa shape index (κ2) is 6.02. The summed E-state index contributed by atoms with van der Waals surface area (Å²) in [4.78, 5) is 33.0. The van der Waals surface area contributed by atoms with E-state index in [0.717, 1.165) is 25.7 Å². The summed E-state index contributed by atoms with van der Waals surface area (Å²) in [6, 6.07) is 0. The van der Waals surface area contributed by atoms with Gasteiger partial charge in [-0.05, 0) is 31.1 Å². The van der Waals surface area contributed by atoms with Crippen LogP contribution in [0.1, 0.15) is 65.9 Å². The number of carbonyl (C=O) groups excluding carboxylic acids is 1. The van der Waals surface area contributed by atoms with Crippen molar-refractivity contribution in [3.8, 4) is 0 Å². The lowest BCUT2D eigenvalue weighted by Gasteiger charge is -2.45. The first kappa shape index (κ1) is 14.9. The summed E-state index contributed by atoms with van der Waals surface area (Å²) in [6.07, 6.45) is 10.9. The number of carboxylic acids is 1. The Morgan fingerprint density at radius 2 is 1.64 bits per heavy atom. The molecule has 1 saturated heterocycles. The molecule has 0 radical (unpaired) electrons. The largest absolute Gasteiger partial charge is 0.476 e. The van der Waals surface area contributed by atoms with E-state index in [9.17, 15) is 9.59 Å². The smallest absolute Gasteiger partial charge is 0.356 e. The van der Waals surface area contributed by atoms with Crippen LogP contribution in [0.4, 0.5) is 0 Å². The number of likely N-dealkylation sites (tertiary alicyclic amines) is 1. The van der Waals surface area contributed by atoms with Gasteiger partial charge >= 0.3 is 5.97 Å². The highest BCUT2D eigenvalue weighted by Crippen LogP contribution is 2.43. The predicted molar refractivity (Wildman–Crippen MR) is 79.6 cm³/mol. The molecule has 2 aliphatic rings. The van der Waals surface area contributed by atoms with Crippen LogP contribution in [-0.4, -0.2) is 44.9 Å².